The maximum atomic E-state index is 12.5. The van der Waals surface area contributed by atoms with Crippen LogP contribution in [0.25, 0.3) is 0 Å². The van der Waals surface area contributed by atoms with Crippen LogP contribution in [-0.2, 0) is 17.9 Å². The molecule has 0 radical (unpaired) electrons. The fourth-order valence-corrected chi connectivity index (χ4v) is 4.30. The maximum absolute atomic E-state index is 12.5. The molecular weight excluding hydrogens is 381 g/mol. The number of hydrogen-bond acceptors (Lipinski definition) is 3. The fourth-order valence-electron chi connectivity index (χ4n) is 4.30. The SMILES string of the molecule is CCN(CC)Cc1ccc(CNC(=O)C2CC3CCCCC3N2)cc1.Cl.Cl. The summed E-state index contributed by atoms with van der Waals surface area (Å²) in [5, 5.41) is 6.68. The summed E-state index contributed by atoms with van der Waals surface area (Å²) in [5.74, 6) is 0.880. The minimum absolute atomic E-state index is 0. The monoisotopic (exact) mass is 415 g/mol. The molecule has 6 heteroatoms. The highest BCUT2D eigenvalue weighted by Crippen LogP contribution is 2.33. The van der Waals surface area contributed by atoms with Gasteiger partial charge in [0.1, 0.15) is 0 Å². The molecular formula is C21H35Cl2N3O. The average Bonchev–Trinajstić information content (AvgIpc) is 3.09. The van der Waals surface area contributed by atoms with Crippen molar-refractivity contribution in [2.24, 2.45) is 5.92 Å². The summed E-state index contributed by atoms with van der Waals surface area (Å²) in [4.78, 5) is 14.9. The maximum Gasteiger partial charge on any atom is 0.237 e. The van der Waals surface area contributed by atoms with Crippen LogP contribution in [-0.4, -0.2) is 36.0 Å². The Bertz CT molecular complexity index is 549. The summed E-state index contributed by atoms with van der Waals surface area (Å²) >= 11 is 0. The van der Waals surface area contributed by atoms with Crippen molar-refractivity contribution >= 4 is 30.7 Å². The van der Waals surface area contributed by atoms with Gasteiger partial charge in [-0.15, -0.1) is 24.8 Å². The first-order valence-corrected chi connectivity index (χ1v) is 10.0. The molecule has 1 aliphatic heterocycles. The zero-order valence-electron chi connectivity index (χ0n) is 16.6. The van der Waals surface area contributed by atoms with Gasteiger partial charge in [-0.25, -0.2) is 0 Å². The van der Waals surface area contributed by atoms with E-state index in [9.17, 15) is 4.79 Å². The van der Waals surface area contributed by atoms with Crippen LogP contribution in [0.3, 0.4) is 0 Å². The van der Waals surface area contributed by atoms with Crippen molar-refractivity contribution in [3.05, 3.63) is 35.4 Å². The molecule has 0 bridgehead atoms. The van der Waals surface area contributed by atoms with E-state index in [-0.39, 0.29) is 36.8 Å². The van der Waals surface area contributed by atoms with E-state index in [1.807, 2.05) is 0 Å². The molecule has 0 spiro atoms. The molecule has 1 heterocycles. The number of fused-ring (bicyclic) bond motifs is 1. The summed E-state index contributed by atoms with van der Waals surface area (Å²) in [6.45, 7) is 8.16. The average molecular weight is 416 g/mol. The van der Waals surface area contributed by atoms with Gasteiger partial charge in [0.25, 0.3) is 0 Å². The molecule has 154 valence electrons. The minimum Gasteiger partial charge on any atom is -0.351 e. The summed E-state index contributed by atoms with van der Waals surface area (Å²) in [5.41, 5.74) is 2.51. The zero-order valence-corrected chi connectivity index (χ0v) is 18.2. The van der Waals surface area contributed by atoms with E-state index in [1.165, 1.54) is 36.8 Å². The van der Waals surface area contributed by atoms with Gasteiger partial charge in [0.15, 0.2) is 0 Å². The lowest BCUT2D eigenvalue weighted by Gasteiger charge is -2.24. The molecule has 1 saturated carbocycles. The molecule has 3 unspecified atom stereocenters. The summed E-state index contributed by atoms with van der Waals surface area (Å²) in [7, 11) is 0. The van der Waals surface area contributed by atoms with Crippen molar-refractivity contribution < 1.29 is 4.79 Å². The van der Waals surface area contributed by atoms with Crippen LogP contribution in [0.15, 0.2) is 24.3 Å². The van der Waals surface area contributed by atoms with Crippen LogP contribution in [0.2, 0.25) is 0 Å². The second-order valence-electron chi connectivity index (χ2n) is 7.60. The van der Waals surface area contributed by atoms with E-state index in [4.69, 9.17) is 0 Å². The molecule has 2 fully saturated rings. The van der Waals surface area contributed by atoms with E-state index >= 15 is 0 Å². The first kappa shape index (κ1) is 24.2. The van der Waals surface area contributed by atoms with Crippen molar-refractivity contribution in [3.63, 3.8) is 0 Å². The lowest BCUT2D eigenvalue weighted by atomic mass is 9.85. The van der Waals surface area contributed by atoms with Gasteiger partial charge in [0.05, 0.1) is 6.04 Å². The Morgan fingerprint density at radius 2 is 1.70 bits per heavy atom. The van der Waals surface area contributed by atoms with Crippen LogP contribution in [0, 0.1) is 5.92 Å². The van der Waals surface area contributed by atoms with Crippen LogP contribution in [0.1, 0.15) is 57.1 Å². The Hall–Kier alpha value is -0.810. The predicted octanol–water partition coefficient (Wildman–Crippen LogP) is 3.91. The smallest absolute Gasteiger partial charge is 0.237 e. The molecule has 2 aliphatic rings. The number of nitrogens with one attached hydrogen (secondary N) is 2. The van der Waals surface area contributed by atoms with Crippen molar-refractivity contribution in [1.82, 2.24) is 15.5 Å². The van der Waals surface area contributed by atoms with E-state index in [0.717, 1.165) is 26.1 Å². The van der Waals surface area contributed by atoms with Gasteiger partial charge in [0.2, 0.25) is 5.91 Å². The Balaban J connectivity index is 0.00000182. The van der Waals surface area contributed by atoms with E-state index in [0.29, 0.717) is 18.5 Å². The molecule has 2 N–H and O–H groups in total. The first-order chi connectivity index (χ1) is 12.2. The molecule has 1 aromatic carbocycles. The predicted molar refractivity (Wildman–Crippen MR) is 117 cm³/mol. The molecule has 1 aliphatic carbocycles. The highest BCUT2D eigenvalue weighted by molar-refractivity contribution is 5.85. The third-order valence-corrected chi connectivity index (χ3v) is 5.97. The molecule has 1 amide bonds. The standard InChI is InChI=1S/C21H33N3O.2ClH/c1-3-24(4-2)15-17-11-9-16(10-12-17)14-22-21(25)20-13-18-7-5-6-8-19(18)23-20;;/h9-12,18-20,23H,3-8,13-15H2,1-2H3,(H,22,25);2*1H. The van der Waals surface area contributed by atoms with Gasteiger partial charge < -0.3 is 10.6 Å². The molecule has 1 aromatic rings. The van der Waals surface area contributed by atoms with Crippen molar-refractivity contribution in [1.29, 1.82) is 0 Å². The van der Waals surface area contributed by atoms with Gasteiger partial charge in [0, 0.05) is 19.1 Å². The number of halogens is 2. The largest absolute Gasteiger partial charge is 0.351 e. The van der Waals surface area contributed by atoms with Crippen LogP contribution in [0.4, 0.5) is 0 Å². The molecule has 3 atom stereocenters. The van der Waals surface area contributed by atoms with Gasteiger partial charge >= 0.3 is 0 Å². The number of amides is 1. The lowest BCUT2D eigenvalue weighted by Crippen LogP contribution is -2.42. The number of hydrogen-bond donors (Lipinski definition) is 2. The van der Waals surface area contributed by atoms with Gasteiger partial charge in [-0.3, -0.25) is 9.69 Å². The van der Waals surface area contributed by atoms with Gasteiger partial charge in [-0.1, -0.05) is 51.0 Å². The van der Waals surface area contributed by atoms with Crippen molar-refractivity contribution in [3.8, 4) is 0 Å². The van der Waals surface area contributed by atoms with Gasteiger partial charge in [-0.2, -0.15) is 0 Å². The van der Waals surface area contributed by atoms with E-state index < -0.39 is 0 Å². The molecule has 4 nitrogen and oxygen atoms in total. The Morgan fingerprint density at radius 1 is 1.07 bits per heavy atom. The second-order valence-corrected chi connectivity index (χ2v) is 7.60. The molecule has 3 rings (SSSR count). The molecule has 0 aromatic heterocycles. The van der Waals surface area contributed by atoms with Crippen LogP contribution < -0.4 is 10.6 Å². The zero-order chi connectivity index (χ0) is 17.6. The Labute approximate surface area is 176 Å². The van der Waals surface area contributed by atoms with Gasteiger partial charge in [-0.05, 0) is 49.4 Å². The third kappa shape index (κ3) is 6.63. The fraction of sp³-hybridized carbons (Fsp3) is 0.667. The van der Waals surface area contributed by atoms with Crippen molar-refractivity contribution in [2.45, 2.75) is 71.1 Å². The highest BCUT2D eigenvalue weighted by atomic mass is 35.5. The summed E-state index contributed by atoms with van der Waals surface area (Å²) in [6.07, 6.45) is 6.18. The number of carbonyl (C=O) groups is 1. The van der Waals surface area contributed by atoms with Crippen LogP contribution in [0.5, 0.6) is 0 Å². The van der Waals surface area contributed by atoms with Crippen LogP contribution >= 0.6 is 24.8 Å². The number of carbonyl (C=O) groups excluding carboxylic acids is 1. The molecule has 1 saturated heterocycles. The summed E-state index contributed by atoms with van der Waals surface area (Å²) < 4.78 is 0. The number of nitrogens with zero attached hydrogens (tertiary/aromatic N) is 1. The third-order valence-electron chi connectivity index (χ3n) is 5.97. The second kappa shape index (κ2) is 11.9. The number of benzene rings is 1. The first-order valence-electron chi connectivity index (χ1n) is 10.0. The van der Waals surface area contributed by atoms with E-state index in [1.54, 1.807) is 0 Å². The van der Waals surface area contributed by atoms with E-state index in [2.05, 4.69) is 53.6 Å². The van der Waals surface area contributed by atoms with Crippen molar-refractivity contribution in [2.75, 3.05) is 13.1 Å². The topological polar surface area (TPSA) is 44.4 Å². The molecule has 27 heavy (non-hydrogen) atoms. The quantitative estimate of drug-likeness (QED) is 0.709. The Kier molecular flexibility index (Phi) is 10.7. The minimum atomic E-state index is 0. The Morgan fingerprint density at radius 3 is 2.33 bits per heavy atom. The lowest BCUT2D eigenvalue weighted by molar-refractivity contribution is -0.123. The normalized spacial score (nSPS) is 23.9. The highest BCUT2D eigenvalue weighted by Gasteiger charge is 2.37. The number of rotatable bonds is 7. The summed E-state index contributed by atoms with van der Waals surface area (Å²) in [6, 6.07) is 9.23.